The number of carbonyl (C=O) groups is 1. The van der Waals surface area contributed by atoms with Crippen molar-refractivity contribution >= 4 is 11.6 Å². The molecular weight excluding hydrogens is 196 g/mol. The van der Waals surface area contributed by atoms with E-state index in [-0.39, 0.29) is 13.0 Å². The van der Waals surface area contributed by atoms with Gasteiger partial charge in [-0.3, -0.25) is 4.79 Å². The molecule has 2 aromatic heterocycles. The van der Waals surface area contributed by atoms with Crippen molar-refractivity contribution in [1.29, 1.82) is 0 Å². The first kappa shape index (κ1) is 9.67. The number of imidazole rings is 1. The molecule has 2 aromatic rings. The molecule has 2 heterocycles. The molecule has 0 unspecified atom stereocenters. The first-order valence-corrected chi connectivity index (χ1v) is 4.49. The van der Waals surface area contributed by atoms with E-state index in [9.17, 15) is 4.79 Å². The fraction of sp³-hybridized carbons (Fsp3) is 0.200. The van der Waals surface area contributed by atoms with E-state index >= 15 is 0 Å². The van der Waals surface area contributed by atoms with Gasteiger partial charge in [-0.05, 0) is 6.07 Å². The molecule has 0 aliphatic rings. The molecule has 2 N–H and O–H groups in total. The molecule has 78 valence electrons. The molecule has 0 aliphatic carbocycles. The fourth-order valence-electron chi connectivity index (χ4n) is 1.49. The van der Waals surface area contributed by atoms with Crippen LogP contribution in [-0.2, 0) is 17.8 Å². The van der Waals surface area contributed by atoms with Gasteiger partial charge in [0.2, 0.25) is 0 Å². The number of nitrogens with zero attached hydrogens (tertiary/aromatic N) is 2. The van der Waals surface area contributed by atoms with E-state index < -0.39 is 5.97 Å². The Morgan fingerprint density at radius 2 is 2.33 bits per heavy atom. The topological polar surface area (TPSA) is 74.8 Å². The fourth-order valence-corrected chi connectivity index (χ4v) is 1.49. The van der Waals surface area contributed by atoms with Crippen molar-refractivity contribution in [1.82, 2.24) is 9.38 Å². The van der Waals surface area contributed by atoms with Gasteiger partial charge >= 0.3 is 5.97 Å². The Hall–Kier alpha value is -1.88. The van der Waals surface area contributed by atoms with Crippen LogP contribution in [0.2, 0.25) is 0 Å². The molecule has 0 radical (unpaired) electrons. The maximum absolute atomic E-state index is 10.5. The first-order chi connectivity index (χ1) is 7.20. The van der Waals surface area contributed by atoms with Crippen LogP contribution in [0, 0.1) is 0 Å². The SMILES string of the molecule is O=C(O)Cc1cn2cccc(CO)c2n1. The first-order valence-electron chi connectivity index (χ1n) is 4.49. The summed E-state index contributed by atoms with van der Waals surface area (Å²) >= 11 is 0. The predicted molar refractivity (Wildman–Crippen MR) is 52.5 cm³/mol. The molecule has 0 aromatic carbocycles. The van der Waals surface area contributed by atoms with Crippen molar-refractivity contribution in [3.05, 3.63) is 35.8 Å². The minimum atomic E-state index is -0.913. The van der Waals surface area contributed by atoms with Gasteiger partial charge in [0.1, 0.15) is 5.65 Å². The summed E-state index contributed by atoms with van der Waals surface area (Å²) in [6.45, 7) is -0.103. The van der Waals surface area contributed by atoms with Crippen molar-refractivity contribution in [2.24, 2.45) is 0 Å². The monoisotopic (exact) mass is 206 g/mol. The van der Waals surface area contributed by atoms with Crippen LogP contribution in [0.1, 0.15) is 11.3 Å². The molecule has 5 nitrogen and oxygen atoms in total. The third kappa shape index (κ3) is 1.82. The number of aliphatic carboxylic acids is 1. The van der Waals surface area contributed by atoms with E-state index in [0.29, 0.717) is 16.9 Å². The van der Waals surface area contributed by atoms with Gasteiger partial charge in [0.15, 0.2) is 0 Å². The summed E-state index contributed by atoms with van der Waals surface area (Å²) in [5.74, 6) is -0.913. The number of hydrogen-bond acceptors (Lipinski definition) is 3. The van der Waals surface area contributed by atoms with E-state index in [1.165, 1.54) is 0 Å². The number of aliphatic hydroxyl groups is 1. The van der Waals surface area contributed by atoms with Crippen LogP contribution in [0.4, 0.5) is 0 Å². The average molecular weight is 206 g/mol. The van der Waals surface area contributed by atoms with E-state index in [1.807, 2.05) is 0 Å². The Balaban J connectivity index is 2.50. The van der Waals surface area contributed by atoms with Crippen LogP contribution < -0.4 is 0 Å². The summed E-state index contributed by atoms with van der Waals surface area (Å²) in [5, 5.41) is 17.7. The van der Waals surface area contributed by atoms with E-state index in [2.05, 4.69) is 4.98 Å². The number of aromatic nitrogens is 2. The van der Waals surface area contributed by atoms with Gasteiger partial charge in [-0.25, -0.2) is 4.98 Å². The molecule has 0 saturated carbocycles. The van der Waals surface area contributed by atoms with Crippen LogP contribution in [0.5, 0.6) is 0 Å². The highest BCUT2D eigenvalue weighted by molar-refractivity contribution is 5.70. The molecule has 0 saturated heterocycles. The molecule has 15 heavy (non-hydrogen) atoms. The lowest BCUT2D eigenvalue weighted by atomic mass is 10.3. The van der Waals surface area contributed by atoms with Crippen molar-refractivity contribution in [2.45, 2.75) is 13.0 Å². The van der Waals surface area contributed by atoms with Gasteiger partial charge in [-0.1, -0.05) is 6.07 Å². The van der Waals surface area contributed by atoms with Gasteiger partial charge in [0, 0.05) is 18.0 Å². The minimum absolute atomic E-state index is 0.103. The van der Waals surface area contributed by atoms with E-state index in [1.54, 1.807) is 28.9 Å². The highest BCUT2D eigenvalue weighted by Gasteiger charge is 2.08. The molecule has 0 aliphatic heterocycles. The van der Waals surface area contributed by atoms with Crippen molar-refractivity contribution < 1.29 is 15.0 Å². The van der Waals surface area contributed by atoms with Crippen molar-refractivity contribution in [3.63, 3.8) is 0 Å². The summed E-state index contributed by atoms with van der Waals surface area (Å²) in [5.41, 5.74) is 1.79. The second-order valence-corrected chi connectivity index (χ2v) is 3.23. The highest BCUT2D eigenvalue weighted by atomic mass is 16.4. The van der Waals surface area contributed by atoms with Crippen LogP contribution in [0.25, 0.3) is 5.65 Å². The molecule has 0 bridgehead atoms. The smallest absolute Gasteiger partial charge is 0.309 e. The third-order valence-electron chi connectivity index (χ3n) is 2.12. The maximum atomic E-state index is 10.5. The Kier molecular flexibility index (Phi) is 2.39. The summed E-state index contributed by atoms with van der Waals surface area (Å²) in [6, 6.07) is 3.54. The van der Waals surface area contributed by atoms with Crippen LogP contribution >= 0.6 is 0 Å². The van der Waals surface area contributed by atoms with Gasteiger partial charge in [-0.15, -0.1) is 0 Å². The van der Waals surface area contributed by atoms with E-state index in [0.717, 1.165) is 0 Å². The van der Waals surface area contributed by atoms with Gasteiger partial charge < -0.3 is 14.6 Å². The van der Waals surface area contributed by atoms with Crippen LogP contribution in [0.3, 0.4) is 0 Å². The summed E-state index contributed by atoms with van der Waals surface area (Å²) in [7, 11) is 0. The van der Waals surface area contributed by atoms with Crippen LogP contribution in [0.15, 0.2) is 24.5 Å². The zero-order valence-electron chi connectivity index (χ0n) is 7.92. The number of carboxylic acids is 1. The van der Waals surface area contributed by atoms with Gasteiger partial charge in [-0.2, -0.15) is 0 Å². The molecule has 0 fully saturated rings. The van der Waals surface area contributed by atoms with E-state index in [4.69, 9.17) is 10.2 Å². The van der Waals surface area contributed by atoms with Gasteiger partial charge in [0.25, 0.3) is 0 Å². The molecule has 5 heteroatoms. The minimum Gasteiger partial charge on any atom is -0.481 e. The lowest BCUT2D eigenvalue weighted by Gasteiger charge is -1.97. The number of aliphatic hydroxyl groups excluding tert-OH is 1. The predicted octanol–water partition coefficient (Wildman–Crippen LogP) is 0.454. The standard InChI is InChI=1S/C10H10N2O3/c13-6-7-2-1-3-12-5-8(4-9(14)15)11-10(7)12/h1-3,5,13H,4,6H2,(H,14,15). The quantitative estimate of drug-likeness (QED) is 0.764. The van der Waals surface area contributed by atoms with Gasteiger partial charge in [0.05, 0.1) is 18.7 Å². The molecule has 0 atom stereocenters. The number of carboxylic acid groups (broad SMARTS) is 1. The lowest BCUT2D eigenvalue weighted by Crippen LogP contribution is -1.99. The number of rotatable bonds is 3. The lowest BCUT2D eigenvalue weighted by molar-refractivity contribution is -0.136. The van der Waals surface area contributed by atoms with Crippen LogP contribution in [-0.4, -0.2) is 25.6 Å². The Morgan fingerprint density at radius 1 is 1.53 bits per heavy atom. The number of fused-ring (bicyclic) bond motifs is 1. The number of pyridine rings is 1. The maximum Gasteiger partial charge on any atom is 0.309 e. The zero-order valence-corrected chi connectivity index (χ0v) is 7.92. The van der Waals surface area contributed by atoms with Crippen molar-refractivity contribution in [3.8, 4) is 0 Å². The number of hydrogen-bond donors (Lipinski definition) is 2. The zero-order chi connectivity index (χ0) is 10.8. The second kappa shape index (κ2) is 3.70. The summed E-state index contributed by atoms with van der Waals surface area (Å²) in [4.78, 5) is 14.6. The van der Waals surface area contributed by atoms with Crippen molar-refractivity contribution in [2.75, 3.05) is 0 Å². The Bertz CT molecular complexity index is 504. The normalized spacial score (nSPS) is 10.7. The molecule has 2 rings (SSSR count). The summed E-state index contributed by atoms with van der Waals surface area (Å²) < 4.78 is 1.71. The average Bonchev–Trinajstić information content (AvgIpc) is 2.58. The molecular formula is C10H10N2O3. The largest absolute Gasteiger partial charge is 0.481 e. The second-order valence-electron chi connectivity index (χ2n) is 3.23. The molecule has 0 amide bonds. The summed E-state index contributed by atoms with van der Waals surface area (Å²) in [6.07, 6.45) is 3.32. The third-order valence-corrected chi connectivity index (χ3v) is 2.12. The highest BCUT2D eigenvalue weighted by Crippen LogP contribution is 2.11. The Morgan fingerprint density at radius 3 is 3.00 bits per heavy atom. The molecule has 0 spiro atoms. The Labute approximate surface area is 85.6 Å².